The van der Waals surface area contributed by atoms with E-state index in [0.717, 1.165) is 16.1 Å². The number of hydrogen-bond acceptors (Lipinski definition) is 3. The van der Waals surface area contributed by atoms with Gasteiger partial charge in [0.2, 0.25) is 11.8 Å². The summed E-state index contributed by atoms with van der Waals surface area (Å²) in [6.07, 6.45) is 0.348. The average Bonchev–Trinajstić information content (AvgIpc) is 2.36. The Morgan fingerprint density at radius 3 is 3.00 bits per heavy atom. The molecule has 0 aromatic heterocycles. The maximum absolute atomic E-state index is 11.7. The van der Waals surface area contributed by atoms with Gasteiger partial charge in [0.1, 0.15) is 0 Å². The van der Waals surface area contributed by atoms with Gasteiger partial charge < -0.3 is 10.6 Å². The Balaban J connectivity index is 2.00. The van der Waals surface area contributed by atoms with Gasteiger partial charge in [-0.25, -0.2) is 0 Å². The lowest BCUT2D eigenvalue weighted by atomic mass is 10.1. The summed E-state index contributed by atoms with van der Waals surface area (Å²) in [4.78, 5) is 24.1. The van der Waals surface area contributed by atoms with Gasteiger partial charge >= 0.3 is 0 Å². The number of hydrogen-bond donors (Lipinski definition) is 2. The van der Waals surface area contributed by atoms with Crippen molar-refractivity contribution >= 4 is 29.3 Å². The van der Waals surface area contributed by atoms with Crippen LogP contribution in [-0.2, 0) is 16.0 Å². The molecule has 0 fully saturated rings. The van der Waals surface area contributed by atoms with Gasteiger partial charge in [0.15, 0.2) is 0 Å². The van der Waals surface area contributed by atoms with E-state index in [-0.39, 0.29) is 11.8 Å². The van der Waals surface area contributed by atoms with Crippen molar-refractivity contribution in [2.24, 2.45) is 5.92 Å². The van der Waals surface area contributed by atoms with Crippen molar-refractivity contribution in [3.63, 3.8) is 0 Å². The van der Waals surface area contributed by atoms with Crippen LogP contribution in [0.1, 0.15) is 19.4 Å². The highest BCUT2D eigenvalue weighted by Crippen LogP contribution is 2.31. The summed E-state index contributed by atoms with van der Waals surface area (Å²) < 4.78 is 0. The molecule has 1 aliphatic heterocycles. The number of carbonyl (C=O) groups excluding carboxylic acids is 2. The van der Waals surface area contributed by atoms with E-state index in [1.807, 2.05) is 18.2 Å². The number of amides is 2. The number of anilines is 1. The molecule has 102 valence electrons. The maximum atomic E-state index is 11.7. The van der Waals surface area contributed by atoms with E-state index in [9.17, 15) is 9.59 Å². The lowest BCUT2D eigenvalue weighted by Crippen LogP contribution is -2.28. The molecule has 0 bridgehead atoms. The Kier molecular flexibility index (Phi) is 4.47. The Labute approximate surface area is 117 Å². The molecule has 1 aliphatic rings. The first-order chi connectivity index (χ1) is 9.04. The molecule has 4 nitrogen and oxygen atoms in total. The van der Waals surface area contributed by atoms with E-state index in [0.29, 0.717) is 24.6 Å². The second-order valence-corrected chi connectivity index (χ2v) is 6.06. The van der Waals surface area contributed by atoms with Gasteiger partial charge in [-0.15, -0.1) is 11.8 Å². The summed E-state index contributed by atoms with van der Waals surface area (Å²) in [5, 5.41) is 5.72. The topological polar surface area (TPSA) is 58.2 Å². The molecule has 0 spiro atoms. The van der Waals surface area contributed by atoms with Crippen LogP contribution < -0.4 is 10.6 Å². The molecular weight excluding hydrogens is 260 g/mol. The van der Waals surface area contributed by atoms with Crippen LogP contribution in [0.4, 0.5) is 5.69 Å². The maximum Gasteiger partial charge on any atom is 0.234 e. The molecule has 1 heterocycles. The molecule has 0 atom stereocenters. The van der Waals surface area contributed by atoms with Crippen LogP contribution in [0.3, 0.4) is 0 Å². The van der Waals surface area contributed by atoms with Gasteiger partial charge in [-0.05, 0) is 23.6 Å². The standard InChI is InChI=1S/C14H18N2O2S/c1-9(2)7-15-13(17)6-10-3-4-12-11(5-10)16-14(18)8-19-12/h3-5,9H,6-8H2,1-2H3,(H,15,17)(H,16,18). The fraction of sp³-hybridized carbons (Fsp3) is 0.429. The van der Waals surface area contributed by atoms with Crippen LogP contribution >= 0.6 is 11.8 Å². The van der Waals surface area contributed by atoms with Crippen molar-refractivity contribution in [1.29, 1.82) is 0 Å². The average molecular weight is 278 g/mol. The van der Waals surface area contributed by atoms with Crippen LogP contribution in [-0.4, -0.2) is 24.1 Å². The van der Waals surface area contributed by atoms with Crippen molar-refractivity contribution in [3.05, 3.63) is 23.8 Å². The van der Waals surface area contributed by atoms with Gasteiger partial charge in [-0.2, -0.15) is 0 Å². The minimum atomic E-state index is 0.0129. The van der Waals surface area contributed by atoms with Gasteiger partial charge in [-0.1, -0.05) is 19.9 Å². The summed E-state index contributed by atoms with van der Waals surface area (Å²) >= 11 is 1.53. The van der Waals surface area contributed by atoms with Crippen molar-refractivity contribution in [2.75, 3.05) is 17.6 Å². The molecule has 2 N–H and O–H groups in total. The smallest absolute Gasteiger partial charge is 0.234 e. The molecule has 2 amide bonds. The van der Waals surface area contributed by atoms with Crippen molar-refractivity contribution in [1.82, 2.24) is 5.32 Å². The number of carbonyl (C=O) groups is 2. The number of nitrogens with one attached hydrogen (secondary N) is 2. The fourth-order valence-electron chi connectivity index (χ4n) is 1.81. The number of thioether (sulfide) groups is 1. The molecule has 0 unspecified atom stereocenters. The molecule has 1 aromatic carbocycles. The van der Waals surface area contributed by atoms with Crippen LogP contribution in [0.5, 0.6) is 0 Å². The van der Waals surface area contributed by atoms with Gasteiger partial charge in [0.25, 0.3) is 0 Å². The molecule has 19 heavy (non-hydrogen) atoms. The predicted molar refractivity (Wildman–Crippen MR) is 77.3 cm³/mol. The van der Waals surface area contributed by atoms with E-state index in [1.54, 1.807) is 0 Å². The Bertz CT molecular complexity index is 500. The summed E-state index contributed by atoms with van der Waals surface area (Å²) in [5.41, 5.74) is 1.73. The summed E-state index contributed by atoms with van der Waals surface area (Å²) in [6.45, 7) is 4.81. The third-order valence-electron chi connectivity index (χ3n) is 2.75. The summed E-state index contributed by atoms with van der Waals surface area (Å²) in [6, 6.07) is 5.79. The first kappa shape index (κ1) is 13.9. The zero-order valence-electron chi connectivity index (χ0n) is 11.2. The highest BCUT2D eigenvalue weighted by molar-refractivity contribution is 8.00. The minimum Gasteiger partial charge on any atom is -0.356 e. The zero-order valence-corrected chi connectivity index (χ0v) is 12.0. The third kappa shape index (κ3) is 3.99. The van der Waals surface area contributed by atoms with Crippen molar-refractivity contribution in [3.8, 4) is 0 Å². The second-order valence-electron chi connectivity index (χ2n) is 5.04. The number of rotatable bonds is 4. The highest BCUT2D eigenvalue weighted by Gasteiger charge is 2.16. The summed E-state index contributed by atoms with van der Waals surface area (Å²) in [7, 11) is 0. The molecule has 5 heteroatoms. The van der Waals surface area contributed by atoms with E-state index >= 15 is 0 Å². The van der Waals surface area contributed by atoms with Crippen molar-refractivity contribution in [2.45, 2.75) is 25.2 Å². The Morgan fingerprint density at radius 1 is 1.47 bits per heavy atom. The van der Waals surface area contributed by atoms with Crippen LogP contribution in [0.2, 0.25) is 0 Å². The quantitative estimate of drug-likeness (QED) is 0.886. The number of benzene rings is 1. The first-order valence-corrected chi connectivity index (χ1v) is 7.35. The van der Waals surface area contributed by atoms with E-state index in [2.05, 4.69) is 24.5 Å². The first-order valence-electron chi connectivity index (χ1n) is 6.37. The molecule has 0 radical (unpaired) electrons. The Morgan fingerprint density at radius 2 is 2.26 bits per heavy atom. The number of fused-ring (bicyclic) bond motifs is 1. The second kappa shape index (κ2) is 6.10. The third-order valence-corrected chi connectivity index (χ3v) is 3.82. The Hall–Kier alpha value is -1.49. The van der Waals surface area contributed by atoms with Gasteiger partial charge in [-0.3, -0.25) is 9.59 Å². The lowest BCUT2D eigenvalue weighted by molar-refractivity contribution is -0.120. The van der Waals surface area contributed by atoms with Crippen molar-refractivity contribution < 1.29 is 9.59 Å². The molecule has 0 aliphatic carbocycles. The monoisotopic (exact) mass is 278 g/mol. The fourth-order valence-corrected chi connectivity index (χ4v) is 2.59. The van der Waals surface area contributed by atoms with Crippen LogP contribution in [0.15, 0.2) is 23.1 Å². The molecule has 0 saturated carbocycles. The summed E-state index contributed by atoms with van der Waals surface area (Å²) in [5.74, 6) is 0.937. The van der Waals surface area contributed by atoms with Crippen LogP contribution in [0.25, 0.3) is 0 Å². The molecule has 2 rings (SSSR count). The van der Waals surface area contributed by atoms with Gasteiger partial charge in [0, 0.05) is 11.4 Å². The lowest BCUT2D eigenvalue weighted by Gasteiger charge is -2.17. The van der Waals surface area contributed by atoms with E-state index < -0.39 is 0 Å². The normalized spacial score (nSPS) is 13.9. The predicted octanol–water partition coefficient (Wildman–Crippen LogP) is 2.05. The largest absolute Gasteiger partial charge is 0.356 e. The SMILES string of the molecule is CC(C)CNC(=O)Cc1ccc2c(c1)NC(=O)CS2. The molecule has 0 saturated heterocycles. The highest BCUT2D eigenvalue weighted by atomic mass is 32.2. The minimum absolute atomic E-state index is 0.0129. The van der Waals surface area contributed by atoms with E-state index in [1.165, 1.54) is 11.8 Å². The van der Waals surface area contributed by atoms with E-state index in [4.69, 9.17) is 0 Å². The zero-order chi connectivity index (χ0) is 13.8. The molecule has 1 aromatic rings. The molecular formula is C14H18N2O2S. The van der Waals surface area contributed by atoms with Crippen LogP contribution in [0, 0.1) is 5.92 Å². The van der Waals surface area contributed by atoms with Gasteiger partial charge in [0.05, 0.1) is 17.9 Å².